The minimum absolute atomic E-state index is 0.00489. The maximum atomic E-state index is 11.3. The number of amides is 1. The number of benzene rings is 1. The van der Waals surface area contributed by atoms with Gasteiger partial charge in [0.05, 0.1) is 4.90 Å². The summed E-state index contributed by atoms with van der Waals surface area (Å²) in [5.41, 5.74) is 5.91. The molecular formula is C13H21N3O3S. The highest BCUT2D eigenvalue weighted by atomic mass is 32.2. The van der Waals surface area contributed by atoms with E-state index < -0.39 is 10.0 Å². The average molecular weight is 299 g/mol. The number of hydrogen-bond acceptors (Lipinski definition) is 4. The molecule has 1 rings (SSSR count). The van der Waals surface area contributed by atoms with Crippen LogP contribution in [0.25, 0.3) is 0 Å². The van der Waals surface area contributed by atoms with Crippen molar-refractivity contribution in [1.82, 2.24) is 5.32 Å². The van der Waals surface area contributed by atoms with Gasteiger partial charge in [-0.25, -0.2) is 13.6 Å². The van der Waals surface area contributed by atoms with Crippen LogP contribution in [-0.4, -0.2) is 20.9 Å². The Kier molecular flexibility index (Phi) is 6.12. The number of primary amides is 1. The van der Waals surface area contributed by atoms with Gasteiger partial charge in [0, 0.05) is 12.5 Å². The summed E-state index contributed by atoms with van der Waals surface area (Å²) in [6, 6.07) is 6.55. The first kappa shape index (κ1) is 16.6. The Balaban J connectivity index is 2.51. The van der Waals surface area contributed by atoms with E-state index in [2.05, 4.69) is 5.32 Å². The lowest BCUT2D eigenvalue weighted by Crippen LogP contribution is -2.21. The number of unbranched alkanes of at least 4 members (excludes halogenated alkanes) is 1. The molecular weight excluding hydrogens is 278 g/mol. The number of nitrogens with one attached hydrogen (secondary N) is 1. The fourth-order valence-electron chi connectivity index (χ4n) is 1.82. The Hall–Kier alpha value is -1.44. The summed E-state index contributed by atoms with van der Waals surface area (Å²) >= 11 is 0. The second-order valence-electron chi connectivity index (χ2n) is 4.72. The van der Waals surface area contributed by atoms with E-state index in [1.165, 1.54) is 6.07 Å². The molecule has 7 heteroatoms. The molecule has 0 aromatic heterocycles. The predicted octanol–water partition coefficient (Wildman–Crippen LogP) is 0.640. The van der Waals surface area contributed by atoms with Crippen LogP contribution in [0, 0.1) is 0 Å². The molecule has 1 aromatic rings. The van der Waals surface area contributed by atoms with Gasteiger partial charge in [-0.1, -0.05) is 12.1 Å². The van der Waals surface area contributed by atoms with Crippen molar-refractivity contribution in [3.63, 3.8) is 0 Å². The number of carbonyl (C=O) groups is 1. The first-order valence-corrected chi connectivity index (χ1v) is 8.00. The summed E-state index contributed by atoms with van der Waals surface area (Å²) in [7, 11) is -3.68. The second kappa shape index (κ2) is 7.37. The summed E-state index contributed by atoms with van der Waals surface area (Å²) in [4.78, 5) is 10.7. The fraction of sp³-hybridized carbons (Fsp3) is 0.462. The first-order valence-electron chi connectivity index (χ1n) is 6.45. The molecule has 0 saturated heterocycles. The van der Waals surface area contributed by atoms with Gasteiger partial charge in [-0.3, -0.25) is 4.79 Å². The third-order valence-corrected chi connectivity index (χ3v) is 3.90. The smallest absolute Gasteiger partial charge is 0.238 e. The third-order valence-electron chi connectivity index (χ3n) is 2.99. The van der Waals surface area contributed by atoms with Gasteiger partial charge in [0.1, 0.15) is 0 Å². The molecule has 0 aliphatic carbocycles. The molecule has 0 aliphatic rings. The van der Waals surface area contributed by atoms with Crippen molar-refractivity contribution >= 4 is 15.9 Å². The molecule has 0 saturated carbocycles. The molecule has 0 radical (unpaired) electrons. The quantitative estimate of drug-likeness (QED) is 0.611. The number of primary sulfonamides is 1. The summed E-state index contributed by atoms with van der Waals surface area (Å²) < 4.78 is 22.6. The Morgan fingerprint density at radius 3 is 2.65 bits per heavy atom. The summed E-state index contributed by atoms with van der Waals surface area (Å²) in [5.74, 6) is -0.293. The summed E-state index contributed by atoms with van der Waals surface area (Å²) in [6.45, 7) is 2.67. The van der Waals surface area contributed by atoms with Gasteiger partial charge in [-0.05, 0) is 44.0 Å². The topological polar surface area (TPSA) is 115 Å². The molecule has 0 fully saturated rings. The Morgan fingerprint density at radius 2 is 2.05 bits per heavy atom. The zero-order chi connectivity index (χ0) is 15.2. The lowest BCUT2D eigenvalue weighted by atomic mass is 10.1. The van der Waals surface area contributed by atoms with Crippen LogP contribution < -0.4 is 16.2 Å². The van der Waals surface area contributed by atoms with Crippen molar-refractivity contribution in [1.29, 1.82) is 0 Å². The van der Waals surface area contributed by atoms with Gasteiger partial charge in [0.15, 0.2) is 0 Å². The van der Waals surface area contributed by atoms with E-state index >= 15 is 0 Å². The van der Waals surface area contributed by atoms with E-state index in [-0.39, 0.29) is 16.8 Å². The molecule has 0 heterocycles. The highest BCUT2D eigenvalue weighted by molar-refractivity contribution is 7.89. The van der Waals surface area contributed by atoms with Crippen molar-refractivity contribution in [2.45, 2.75) is 37.1 Å². The van der Waals surface area contributed by atoms with Crippen molar-refractivity contribution in [2.75, 3.05) is 6.54 Å². The van der Waals surface area contributed by atoms with E-state index in [1.54, 1.807) is 12.1 Å². The summed E-state index contributed by atoms with van der Waals surface area (Å²) in [6.07, 6.45) is 1.96. The van der Waals surface area contributed by atoms with Crippen LogP contribution in [0.1, 0.15) is 37.8 Å². The van der Waals surface area contributed by atoms with Gasteiger partial charge in [-0.2, -0.15) is 0 Å². The molecule has 0 spiro atoms. The Bertz CT molecular complexity index is 558. The van der Waals surface area contributed by atoms with Crippen LogP contribution in [0.2, 0.25) is 0 Å². The maximum absolute atomic E-state index is 11.3. The first-order chi connectivity index (χ1) is 9.30. The maximum Gasteiger partial charge on any atom is 0.238 e. The number of sulfonamides is 1. The van der Waals surface area contributed by atoms with Gasteiger partial charge in [0.2, 0.25) is 15.9 Å². The molecule has 5 N–H and O–H groups in total. The second-order valence-corrected chi connectivity index (χ2v) is 6.28. The molecule has 0 bridgehead atoms. The molecule has 6 nitrogen and oxygen atoms in total. The third kappa shape index (κ3) is 5.68. The van der Waals surface area contributed by atoms with Crippen LogP contribution in [0.3, 0.4) is 0 Å². The van der Waals surface area contributed by atoms with Crippen molar-refractivity contribution in [3.05, 3.63) is 29.8 Å². The number of carbonyl (C=O) groups excluding carboxylic acids is 1. The predicted molar refractivity (Wildman–Crippen MR) is 77.3 cm³/mol. The fourth-order valence-corrected chi connectivity index (χ4v) is 2.39. The standard InChI is InChI=1S/C13H21N3O3S/c1-10(16-8-3-2-7-13(14)17)11-5-4-6-12(9-11)20(15,18)19/h4-6,9-10,16H,2-3,7-8H2,1H3,(H2,14,17)(H2,15,18,19). The number of rotatable bonds is 8. The average Bonchev–Trinajstić information content (AvgIpc) is 2.37. The van der Waals surface area contributed by atoms with Crippen LogP contribution >= 0.6 is 0 Å². The van der Waals surface area contributed by atoms with E-state index in [0.29, 0.717) is 6.42 Å². The Labute approximate surface area is 119 Å². The molecule has 1 unspecified atom stereocenters. The minimum Gasteiger partial charge on any atom is -0.370 e. The van der Waals surface area contributed by atoms with Crippen LogP contribution in [0.5, 0.6) is 0 Å². The molecule has 1 amide bonds. The highest BCUT2D eigenvalue weighted by Crippen LogP contribution is 2.16. The van der Waals surface area contributed by atoms with Crippen LogP contribution in [0.15, 0.2) is 29.2 Å². The molecule has 112 valence electrons. The van der Waals surface area contributed by atoms with E-state index in [0.717, 1.165) is 24.9 Å². The van der Waals surface area contributed by atoms with Gasteiger partial charge >= 0.3 is 0 Å². The molecule has 20 heavy (non-hydrogen) atoms. The number of hydrogen-bond donors (Lipinski definition) is 3. The zero-order valence-corrected chi connectivity index (χ0v) is 12.3. The summed E-state index contributed by atoms with van der Waals surface area (Å²) in [5, 5.41) is 8.37. The van der Waals surface area contributed by atoms with Crippen molar-refractivity contribution < 1.29 is 13.2 Å². The minimum atomic E-state index is -3.68. The molecule has 0 aliphatic heterocycles. The SMILES string of the molecule is CC(NCCCCC(N)=O)c1cccc(S(N)(=O)=O)c1. The van der Waals surface area contributed by atoms with Gasteiger partial charge in [-0.15, -0.1) is 0 Å². The van der Waals surface area contributed by atoms with Crippen LogP contribution in [-0.2, 0) is 14.8 Å². The normalized spacial score (nSPS) is 13.1. The van der Waals surface area contributed by atoms with Crippen molar-refractivity contribution in [2.24, 2.45) is 10.9 Å². The van der Waals surface area contributed by atoms with E-state index in [9.17, 15) is 13.2 Å². The molecule has 1 aromatic carbocycles. The lowest BCUT2D eigenvalue weighted by Gasteiger charge is -2.14. The Morgan fingerprint density at radius 1 is 1.35 bits per heavy atom. The molecule has 1 atom stereocenters. The lowest BCUT2D eigenvalue weighted by molar-refractivity contribution is -0.118. The van der Waals surface area contributed by atoms with E-state index in [4.69, 9.17) is 10.9 Å². The highest BCUT2D eigenvalue weighted by Gasteiger charge is 2.11. The van der Waals surface area contributed by atoms with Gasteiger partial charge in [0.25, 0.3) is 0 Å². The van der Waals surface area contributed by atoms with Crippen molar-refractivity contribution in [3.8, 4) is 0 Å². The largest absolute Gasteiger partial charge is 0.370 e. The van der Waals surface area contributed by atoms with E-state index in [1.807, 2.05) is 13.0 Å². The van der Waals surface area contributed by atoms with Gasteiger partial charge < -0.3 is 11.1 Å². The zero-order valence-electron chi connectivity index (χ0n) is 11.5. The number of nitrogens with two attached hydrogens (primary N) is 2. The van der Waals surface area contributed by atoms with Crippen LogP contribution in [0.4, 0.5) is 0 Å². The monoisotopic (exact) mass is 299 g/mol.